The second-order valence-corrected chi connectivity index (χ2v) is 7.86. The predicted molar refractivity (Wildman–Crippen MR) is 93.0 cm³/mol. The highest BCUT2D eigenvalue weighted by molar-refractivity contribution is 7.07. The summed E-state index contributed by atoms with van der Waals surface area (Å²) in [6, 6.07) is 4.10. The molecule has 1 amide bonds. The van der Waals surface area contributed by atoms with Crippen molar-refractivity contribution in [3.8, 4) is 0 Å². The van der Waals surface area contributed by atoms with E-state index in [1.165, 1.54) is 11.3 Å². The molecule has 24 heavy (non-hydrogen) atoms. The van der Waals surface area contributed by atoms with Gasteiger partial charge in [0.05, 0.1) is 12.1 Å². The number of likely N-dealkylation sites (tertiary alicyclic amines) is 2. The average molecular weight is 345 g/mol. The summed E-state index contributed by atoms with van der Waals surface area (Å²) in [7, 11) is 0. The highest BCUT2D eigenvalue weighted by Crippen LogP contribution is 2.41. The van der Waals surface area contributed by atoms with E-state index in [0.29, 0.717) is 11.1 Å². The average Bonchev–Trinajstić information content (AvgIpc) is 3.31. The van der Waals surface area contributed by atoms with Gasteiger partial charge in [0.1, 0.15) is 17.2 Å². The van der Waals surface area contributed by atoms with Crippen LogP contribution in [0.1, 0.15) is 41.3 Å². The van der Waals surface area contributed by atoms with Crippen LogP contribution in [0.15, 0.2) is 27.4 Å². The van der Waals surface area contributed by atoms with Crippen molar-refractivity contribution in [2.75, 3.05) is 26.2 Å². The maximum atomic E-state index is 12.5. The summed E-state index contributed by atoms with van der Waals surface area (Å²) >= 11 is 1.48. The fourth-order valence-corrected chi connectivity index (χ4v) is 4.50. The first-order chi connectivity index (χ1) is 11.6. The molecule has 5 nitrogen and oxygen atoms in total. The van der Waals surface area contributed by atoms with E-state index in [1.807, 2.05) is 23.3 Å². The highest BCUT2D eigenvalue weighted by atomic mass is 32.1. The van der Waals surface area contributed by atoms with E-state index in [4.69, 9.17) is 4.42 Å². The third-order valence-electron chi connectivity index (χ3n) is 5.47. The Morgan fingerprint density at radius 2 is 2.08 bits per heavy atom. The second-order valence-electron chi connectivity index (χ2n) is 7.14. The summed E-state index contributed by atoms with van der Waals surface area (Å²) in [5.41, 5.74) is 2.64. The van der Waals surface area contributed by atoms with Gasteiger partial charge in [0.2, 0.25) is 0 Å². The minimum Gasteiger partial charge on any atom is -0.465 e. The first kappa shape index (κ1) is 15.8. The molecule has 0 radical (unpaired) electrons. The molecule has 1 spiro atoms. The van der Waals surface area contributed by atoms with E-state index in [-0.39, 0.29) is 5.91 Å². The molecular formula is C18H23N3O2S. The molecule has 0 aliphatic carbocycles. The van der Waals surface area contributed by atoms with Crippen molar-refractivity contribution >= 4 is 17.2 Å². The molecule has 0 aromatic carbocycles. The number of rotatable bonds is 3. The third kappa shape index (κ3) is 3.13. The number of hydrogen-bond acceptors (Lipinski definition) is 5. The van der Waals surface area contributed by atoms with Crippen molar-refractivity contribution in [1.82, 2.24) is 14.8 Å². The lowest BCUT2D eigenvalue weighted by Gasteiger charge is -2.38. The molecular weight excluding hydrogens is 322 g/mol. The van der Waals surface area contributed by atoms with Gasteiger partial charge in [-0.15, -0.1) is 11.3 Å². The van der Waals surface area contributed by atoms with Crippen LogP contribution in [-0.4, -0.2) is 46.9 Å². The lowest BCUT2D eigenvalue weighted by atomic mass is 9.78. The van der Waals surface area contributed by atoms with Gasteiger partial charge in [-0.25, -0.2) is 4.98 Å². The van der Waals surface area contributed by atoms with Crippen molar-refractivity contribution in [1.29, 1.82) is 0 Å². The van der Waals surface area contributed by atoms with Crippen LogP contribution in [-0.2, 0) is 6.54 Å². The molecule has 2 aliphatic heterocycles. The van der Waals surface area contributed by atoms with E-state index in [9.17, 15) is 4.79 Å². The summed E-state index contributed by atoms with van der Waals surface area (Å²) in [6.45, 7) is 6.80. The van der Waals surface area contributed by atoms with Crippen LogP contribution >= 0.6 is 11.3 Å². The standard InChI is InChI=1S/C18H23N3O2S/c1-14-2-3-15(23-14)10-20-7-4-18(5-8-20)6-9-21(12-18)17(22)16-11-24-13-19-16/h2-3,11,13H,4-10,12H2,1H3. The van der Waals surface area contributed by atoms with Gasteiger partial charge in [-0.05, 0) is 56.8 Å². The molecule has 6 heteroatoms. The zero-order valence-electron chi connectivity index (χ0n) is 14.0. The number of carbonyl (C=O) groups is 1. The van der Waals surface area contributed by atoms with Crippen LogP contribution in [0.5, 0.6) is 0 Å². The van der Waals surface area contributed by atoms with Crippen LogP contribution < -0.4 is 0 Å². The van der Waals surface area contributed by atoms with Crippen LogP contribution in [0.4, 0.5) is 0 Å². The number of hydrogen-bond donors (Lipinski definition) is 0. The maximum Gasteiger partial charge on any atom is 0.273 e. The van der Waals surface area contributed by atoms with Crippen molar-refractivity contribution in [3.05, 3.63) is 40.2 Å². The molecule has 128 valence electrons. The molecule has 0 N–H and O–H groups in total. The number of aryl methyl sites for hydroxylation is 1. The smallest absolute Gasteiger partial charge is 0.273 e. The number of aromatic nitrogens is 1. The van der Waals surface area contributed by atoms with Crippen LogP contribution in [0, 0.1) is 12.3 Å². The molecule has 2 aliphatic rings. The second kappa shape index (κ2) is 6.33. The Morgan fingerprint density at radius 3 is 2.75 bits per heavy atom. The van der Waals surface area contributed by atoms with E-state index in [2.05, 4.69) is 16.0 Å². The Hall–Kier alpha value is -1.66. The Balaban J connectivity index is 1.33. The van der Waals surface area contributed by atoms with E-state index in [1.54, 1.807) is 5.51 Å². The molecule has 0 atom stereocenters. The number of nitrogens with zero attached hydrogens (tertiary/aromatic N) is 3. The Labute approximate surface area is 146 Å². The normalized spacial score (nSPS) is 20.8. The molecule has 0 bridgehead atoms. The lowest BCUT2D eigenvalue weighted by Crippen LogP contribution is -2.41. The number of furan rings is 1. The fourth-order valence-electron chi connectivity index (χ4n) is 3.97. The molecule has 2 fully saturated rings. The quantitative estimate of drug-likeness (QED) is 0.857. The Bertz CT molecular complexity index is 702. The molecule has 2 aromatic rings. The van der Waals surface area contributed by atoms with Gasteiger partial charge in [0.25, 0.3) is 5.91 Å². The minimum atomic E-state index is 0.0987. The van der Waals surface area contributed by atoms with Gasteiger partial charge in [0.15, 0.2) is 0 Å². The monoisotopic (exact) mass is 345 g/mol. The van der Waals surface area contributed by atoms with E-state index >= 15 is 0 Å². The Kier molecular flexibility index (Phi) is 4.18. The summed E-state index contributed by atoms with van der Waals surface area (Å²) in [5.74, 6) is 2.13. The zero-order valence-corrected chi connectivity index (χ0v) is 14.8. The van der Waals surface area contributed by atoms with Gasteiger partial charge in [0, 0.05) is 18.5 Å². The van der Waals surface area contributed by atoms with Gasteiger partial charge < -0.3 is 9.32 Å². The number of amides is 1. The van der Waals surface area contributed by atoms with Gasteiger partial charge >= 0.3 is 0 Å². The fraction of sp³-hybridized carbons (Fsp3) is 0.556. The summed E-state index contributed by atoms with van der Waals surface area (Å²) in [6.07, 6.45) is 3.44. The topological polar surface area (TPSA) is 49.6 Å². The van der Waals surface area contributed by atoms with E-state index in [0.717, 1.165) is 63.5 Å². The van der Waals surface area contributed by atoms with Crippen LogP contribution in [0.3, 0.4) is 0 Å². The van der Waals surface area contributed by atoms with E-state index < -0.39 is 0 Å². The number of thiazole rings is 1. The van der Waals surface area contributed by atoms with Crippen molar-refractivity contribution in [2.45, 2.75) is 32.7 Å². The van der Waals surface area contributed by atoms with Crippen LogP contribution in [0.25, 0.3) is 0 Å². The summed E-state index contributed by atoms with van der Waals surface area (Å²) in [4.78, 5) is 21.1. The first-order valence-electron chi connectivity index (χ1n) is 8.59. The minimum absolute atomic E-state index is 0.0987. The molecule has 4 rings (SSSR count). The van der Waals surface area contributed by atoms with Gasteiger partial charge in [-0.2, -0.15) is 0 Å². The molecule has 4 heterocycles. The number of carbonyl (C=O) groups excluding carboxylic acids is 1. The molecule has 2 aromatic heterocycles. The van der Waals surface area contributed by atoms with Gasteiger partial charge in [-0.3, -0.25) is 9.69 Å². The zero-order chi connectivity index (χ0) is 16.6. The first-order valence-corrected chi connectivity index (χ1v) is 9.53. The highest BCUT2D eigenvalue weighted by Gasteiger charge is 2.42. The predicted octanol–water partition coefficient (Wildman–Crippen LogP) is 3.17. The summed E-state index contributed by atoms with van der Waals surface area (Å²) in [5, 5.41) is 1.85. The third-order valence-corrected chi connectivity index (χ3v) is 6.06. The SMILES string of the molecule is Cc1ccc(CN2CCC3(CC2)CCN(C(=O)c2cscn2)C3)o1. The molecule has 0 unspecified atom stereocenters. The van der Waals surface area contributed by atoms with Crippen LogP contribution in [0.2, 0.25) is 0 Å². The largest absolute Gasteiger partial charge is 0.465 e. The van der Waals surface area contributed by atoms with Crippen molar-refractivity contribution in [2.24, 2.45) is 5.41 Å². The molecule has 0 saturated carbocycles. The van der Waals surface area contributed by atoms with Gasteiger partial charge in [-0.1, -0.05) is 0 Å². The van der Waals surface area contributed by atoms with Crippen molar-refractivity contribution in [3.63, 3.8) is 0 Å². The Morgan fingerprint density at radius 1 is 1.29 bits per heavy atom. The maximum absolute atomic E-state index is 12.5. The summed E-state index contributed by atoms with van der Waals surface area (Å²) < 4.78 is 5.69. The molecule has 2 saturated heterocycles. The van der Waals surface area contributed by atoms with Crippen molar-refractivity contribution < 1.29 is 9.21 Å². The number of piperidine rings is 1. The lowest BCUT2D eigenvalue weighted by molar-refractivity contribution is 0.0702.